The van der Waals surface area contributed by atoms with Crippen LogP contribution in [0.15, 0.2) is 18.2 Å². The van der Waals surface area contributed by atoms with Crippen molar-refractivity contribution in [1.29, 1.82) is 0 Å². The maximum Gasteiger partial charge on any atom is 0.318 e. The van der Waals surface area contributed by atoms with Crippen LogP contribution in [0.5, 0.6) is 5.75 Å². The number of carboxylic acids is 1. The molecule has 5 unspecified atom stereocenters. The minimum Gasteiger partial charge on any atom is -0.497 e. The van der Waals surface area contributed by atoms with Crippen LogP contribution in [-0.4, -0.2) is 65.1 Å². The summed E-state index contributed by atoms with van der Waals surface area (Å²) >= 11 is 0. The molecule has 6 aliphatic rings. The van der Waals surface area contributed by atoms with Gasteiger partial charge in [0.2, 0.25) is 5.91 Å². The third-order valence-corrected chi connectivity index (χ3v) is 11.6. The lowest BCUT2D eigenvalue weighted by molar-refractivity contribution is -0.162. The van der Waals surface area contributed by atoms with Gasteiger partial charge in [0.05, 0.1) is 7.11 Å². The average Bonchev–Trinajstić information content (AvgIpc) is 3.24. The number of carbonyl (C=O) groups is 2. The number of ether oxygens (including phenoxy) is 1. The Balaban J connectivity index is 1.36. The number of benzene rings is 1. The number of nitrogens with zero attached hydrogens (tertiary/aromatic N) is 2. The number of carbonyl (C=O) groups excluding carboxylic acids is 1. The van der Waals surface area contributed by atoms with Gasteiger partial charge >= 0.3 is 5.97 Å². The summed E-state index contributed by atoms with van der Waals surface area (Å²) in [6.07, 6.45) is 9.68. The molecule has 1 aromatic rings. The van der Waals surface area contributed by atoms with Gasteiger partial charge in [-0.3, -0.25) is 14.5 Å². The molecule has 1 amide bonds. The molecule has 1 aromatic carbocycles. The summed E-state index contributed by atoms with van der Waals surface area (Å²) in [6, 6.07) is 8.26. The number of carboxylic acid groups (broad SMARTS) is 1. The number of aliphatic carboxylic acids is 1. The molecule has 7 rings (SSSR count). The quantitative estimate of drug-likeness (QED) is 0.666. The van der Waals surface area contributed by atoms with Crippen LogP contribution in [-0.2, 0) is 21.4 Å². The van der Waals surface area contributed by atoms with Gasteiger partial charge in [0.25, 0.3) is 0 Å². The molecule has 3 saturated carbocycles. The highest BCUT2D eigenvalue weighted by Gasteiger charge is 2.76. The topological polar surface area (TPSA) is 70.1 Å². The molecule has 2 heterocycles. The lowest BCUT2D eigenvalue weighted by Gasteiger charge is -2.68. The van der Waals surface area contributed by atoms with Crippen molar-refractivity contribution in [2.45, 2.75) is 88.8 Å². The maximum absolute atomic E-state index is 13.6. The van der Waals surface area contributed by atoms with Crippen LogP contribution in [0, 0.1) is 22.7 Å². The highest BCUT2D eigenvalue weighted by molar-refractivity contribution is 6.01. The third kappa shape index (κ3) is 2.50. The zero-order chi connectivity index (χ0) is 24.3. The fraction of sp³-hybridized carbons (Fsp3) is 0.724. The average molecular weight is 479 g/mol. The molecule has 4 aliphatic carbocycles. The normalized spacial score (nSPS) is 39.6. The number of rotatable bonds is 4. The summed E-state index contributed by atoms with van der Waals surface area (Å²) < 4.78 is 5.73. The van der Waals surface area contributed by atoms with E-state index in [9.17, 15) is 14.7 Å². The number of fused-ring (bicyclic) bond motifs is 1. The molecule has 5 fully saturated rings. The first-order valence-electron chi connectivity index (χ1n) is 13.7. The summed E-state index contributed by atoms with van der Waals surface area (Å²) in [5.41, 5.74) is 1.92. The zero-order valence-corrected chi connectivity index (χ0v) is 21.3. The van der Waals surface area contributed by atoms with Gasteiger partial charge in [-0.25, -0.2) is 0 Å². The largest absolute Gasteiger partial charge is 0.497 e. The van der Waals surface area contributed by atoms with Gasteiger partial charge in [0.15, 0.2) is 0 Å². The summed E-state index contributed by atoms with van der Waals surface area (Å²) in [6.45, 7) is 5.03. The standard InChI is InChI=1S/C29H38N2O4/c1-27(2,26(33)34)25(32)31-16-18-15-28-10-9-22(31)24(18)29(28)11-12-30(19-5-4-6-19)23(28)13-17-7-8-20(35-3)14-21(17)29/h7-8,14,18-19,22-24H,4-6,9-13,15-16H2,1-3H3,(H,33,34)/t18-,22?,23?,24?,28?,29?/m1/s1. The van der Waals surface area contributed by atoms with Crippen LogP contribution in [0.25, 0.3) is 0 Å². The molecule has 188 valence electrons. The molecule has 1 N–H and O–H groups in total. The fourth-order valence-corrected chi connectivity index (χ4v) is 9.99. The molecule has 6 nitrogen and oxygen atoms in total. The van der Waals surface area contributed by atoms with Gasteiger partial charge in [-0.15, -0.1) is 0 Å². The van der Waals surface area contributed by atoms with E-state index in [0.29, 0.717) is 17.9 Å². The van der Waals surface area contributed by atoms with Crippen molar-refractivity contribution in [2.24, 2.45) is 22.7 Å². The summed E-state index contributed by atoms with van der Waals surface area (Å²) in [4.78, 5) is 30.5. The van der Waals surface area contributed by atoms with E-state index in [1.54, 1.807) is 21.0 Å². The van der Waals surface area contributed by atoms with Crippen molar-refractivity contribution in [2.75, 3.05) is 20.2 Å². The minimum atomic E-state index is -1.38. The molecular weight excluding hydrogens is 440 g/mol. The molecule has 6 heteroatoms. The second-order valence-corrected chi connectivity index (χ2v) is 12.9. The minimum absolute atomic E-state index is 0.0655. The van der Waals surface area contributed by atoms with Crippen LogP contribution >= 0.6 is 0 Å². The van der Waals surface area contributed by atoms with Crippen LogP contribution in [0.1, 0.15) is 69.9 Å². The number of amides is 1. The fourth-order valence-electron chi connectivity index (χ4n) is 9.99. The van der Waals surface area contributed by atoms with E-state index in [4.69, 9.17) is 4.74 Å². The molecule has 4 bridgehead atoms. The molecular formula is C29H38N2O4. The van der Waals surface area contributed by atoms with Crippen molar-refractivity contribution in [1.82, 2.24) is 9.80 Å². The SMILES string of the molecule is COc1ccc2c(c1)C13CCN(C4CCC4)C(C2)C12CCC1C3[C@@H](CN1C(=O)C(C)(C)C(=O)O)C2. The van der Waals surface area contributed by atoms with E-state index in [1.807, 2.05) is 4.90 Å². The number of likely N-dealkylation sites (tertiary alicyclic amines) is 2. The zero-order valence-electron chi connectivity index (χ0n) is 21.3. The van der Waals surface area contributed by atoms with Crippen molar-refractivity contribution in [3.05, 3.63) is 29.3 Å². The van der Waals surface area contributed by atoms with Gasteiger partial charge in [-0.1, -0.05) is 12.5 Å². The Kier molecular flexibility index (Phi) is 4.44. The Bertz CT molecular complexity index is 1110. The van der Waals surface area contributed by atoms with E-state index in [-0.39, 0.29) is 22.8 Å². The van der Waals surface area contributed by atoms with Gasteiger partial charge in [0.1, 0.15) is 11.2 Å². The third-order valence-electron chi connectivity index (χ3n) is 11.6. The van der Waals surface area contributed by atoms with E-state index >= 15 is 0 Å². The number of methoxy groups -OCH3 is 1. The Labute approximate surface area is 208 Å². The monoisotopic (exact) mass is 478 g/mol. The van der Waals surface area contributed by atoms with Crippen molar-refractivity contribution < 1.29 is 19.4 Å². The molecule has 6 atom stereocenters. The summed E-state index contributed by atoms with van der Waals surface area (Å²) in [5.74, 6) is 0.590. The Morgan fingerprint density at radius 2 is 1.97 bits per heavy atom. The lowest BCUT2D eigenvalue weighted by Crippen LogP contribution is -2.71. The predicted molar refractivity (Wildman–Crippen MR) is 131 cm³/mol. The second-order valence-electron chi connectivity index (χ2n) is 12.9. The Morgan fingerprint density at radius 3 is 2.66 bits per heavy atom. The van der Waals surface area contributed by atoms with E-state index in [0.717, 1.165) is 50.6 Å². The lowest BCUT2D eigenvalue weighted by atomic mass is 9.43. The van der Waals surface area contributed by atoms with E-state index < -0.39 is 11.4 Å². The smallest absolute Gasteiger partial charge is 0.318 e. The molecule has 0 spiro atoms. The second kappa shape index (κ2) is 7.02. The highest BCUT2D eigenvalue weighted by atomic mass is 16.5. The van der Waals surface area contributed by atoms with Crippen LogP contribution in [0.3, 0.4) is 0 Å². The van der Waals surface area contributed by atoms with Crippen molar-refractivity contribution in [3.63, 3.8) is 0 Å². The molecule has 0 aromatic heterocycles. The first kappa shape index (κ1) is 22.1. The van der Waals surface area contributed by atoms with Crippen LogP contribution < -0.4 is 4.74 Å². The summed E-state index contributed by atoms with van der Waals surface area (Å²) in [7, 11) is 1.76. The van der Waals surface area contributed by atoms with E-state index in [2.05, 4.69) is 23.1 Å². The predicted octanol–water partition coefficient (Wildman–Crippen LogP) is 3.85. The molecule has 0 radical (unpaired) electrons. The number of hydrogen-bond donors (Lipinski definition) is 1. The summed E-state index contributed by atoms with van der Waals surface area (Å²) in [5, 5.41) is 9.80. The Hall–Kier alpha value is -2.08. The Morgan fingerprint density at radius 1 is 1.17 bits per heavy atom. The van der Waals surface area contributed by atoms with Gasteiger partial charge in [-0.05, 0) is 106 Å². The van der Waals surface area contributed by atoms with Crippen LogP contribution in [0.2, 0.25) is 0 Å². The maximum atomic E-state index is 13.6. The van der Waals surface area contributed by atoms with Crippen LogP contribution in [0.4, 0.5) is 0 Å². The highest BCUT2D eigenvalue weighted by Crippen LogP contribution is 2.76. The van der Waals surface area contributed by atoms with Crippen molar-refractivity contribution in [3.8, 4) is 5.75 Å². The number of hydrogen-bond acceptors (Lipinski definition) is 4. The first-order chi connectivity index (χ1) is 16.7. The molecule has 2 aliphatic heterocycles. The first-order valence-corrected chi connectivity index (χ1v) is 13.7. The molecule has 35 heavy (non-hydrogen) atoms. The molecule has 2 saturated heterocycles. The van der Waals surface area contributed by atoms with Gasteiger partial charge < -0.3 is 14.7 Å². The van der Waals surface area contributed by atoms with Gasteiger partial charge in [-0.2, -0.15) is 0 Å². The van der Waals surface area contributed by atoms with E-state index in [1.165, 1.54) is 36.8 Å². The number of piperidine rings is 1. The van der Waals surface area contributed by atoms with Gasteiger partial charge in [0, 0.05) is 30.1 Å². The van der Waals surface area contributed by atoms with Crippen molar-refractivity contribution >= 4 is 11.9 Å².